The number of fused-ring (bicyclic) bond motifs is 2. The Morgan fingerprint density at radius 2 is 1.94 bits per heavy atom. The average Bonchev–Trinajstić information content (AvgIpc) is 3.73. The number of benzene rings is 3. The molecule has 1 saturated carbocycles. The van der Waals surface area contributed by atoms with E-state index >= 15 is 0 Å². The molecule has 1 aliphatic carbocycles. The molecule has 36 heavy (non-hydrogen) atoms. The monoisotopic (exact) mass is 549 g/mol. The van der Waals surface area contributed by atoms with E-state index < -0.39 is 6.04 Å². The predicted molar refractivity (Wildman–Crippen MR) is 146 cm³/mol. The average molecular weight is 550 g/mol. The summed E-state index contributed by atoms with van der Waals surface area (Å²) in [5, 5.41) is 8.46. The molecule has 3 aromatic rings. The third-order valence-electron chi connectivity index (χ3n) is 7.25. The van der Waals surface area contributed by atoms with Crippen LogP contribution in [-0.4, -0.2) is 37.6 Å². The van der Waals surface area contributed by atoms with E-state index in [0.29, 0.717) is 25.3 Å². The molecule has 1 heterocycles. The molecule has 2 amide bonds. The second-order valence-electron chi connectivity index (χ2n) is 9.84. The summed E-state index contributed by atoms with van der Waals surface area (Å²) in [6.45, 7) is 3.06. The maximum atomic E-state index is 14.0. The fourth-order valence-corrected chi connectivity index (χ4v) is 5.30. The minimum absolute atomic E-state index is 0.0983. The first-order valence-electron chi connectivity index (χ1n) is 12.6. The highest BCUT2D eigenvalue weighted by atomic mass is 79.9. The number of carbonyl (C=O) groups excluding carboxylic acids is 2. The van der Waals surface area contributed by atoms with Crippen molar-refractivity contribution < 1.29 is 14.3 Å². The lowest BCUT2D eigenvalue weighted by Gasteiger charge is -2.28. The van der Waals surface area contributed by atoms with Crippen molar-refractivity contribution >= 4 is 44.2 Å². The van der Waals surface area contributed by atoms with Crippen LogP contribution in [0.1, 0.15) is 37.3 Å². The number of nitrogens with one attached hydrogen (secondary N) is 2. The molecule has 3 aromatic carbocycles. The minimum Gasteiger partial charge on any atom is -0.496 e. The lowest BCUT2D eigenvalue weighted by molar-refractivity contribution is -0.128. The second-order valence-corrected chi connectivity index (χ2v) is 10.8. The lowest BCUT2D eigenvalue weighted by atomic mass is 10.0. The van der Waals surface area contributed by atoms with E-state index in [-0.39, 0.29) is 17.9 Å². The molecule has 0 unspecified atom stereocenters. The number of anilines is 1. The Morgan fingerprint density at radius 1 is 1.14 bits per heavy atom. The molecule has 6 nitrogen and oxygen atoms in total. The molecule has 1 aliphatic heterocycles. The topological polar surface area (TPSA) is 70.7 Å². The molecule has 0 bridgehead atoms. The van der Waals surface area contributed by atoms with E-state index in [4.69, 9.17) is 4.74 Å². The van der Waals surface area contributed by atoms with Gasteiger partial charge in [-0.25, -0.2) is 0 Å². The highest BCUT2D eigenvalue weighted by molar-refractivity contribution is 9.10. The van der Waals surface area contributed by atoms with Gasteiger partial charge in [0.05, 0.1) is 19.7 Å². The van der Waals surface area contributed by atoms with Crippen molar-refractivity contribution in [3.8, 4) is 5.75 Å². The first-order valence-corrected chi connectivity index (χ1v) is 13.4. The number of aryl methyl sites for hydroxylation is 1. The van der Waals surface area contributed by atoms with Crippen molar-refractivity contribution in [1.82, 2.24) is 10.6 Å². The Bertz CT molecular complexity index is 1290. The molecular weight excluding hydrogens is 518 g/mol. The highest BCUT2D eigenvalue weighted by Crippen LogP contribution is 2.35. The van der Waals surface area contributed by atoms with Gasteiger partial charge in [-0.1, -0.05) is 46.3 Å². The number of ether oxygens (including phenoxy) is 1. The van der Waals surface area contributed by atoms with E-state index in [9.17, 15) is 9.59 Å². The van der Waals surface area contributed by atoms with Gasteiger partial charge in [-0.05, 0) is 85.7 Å². The largest absolute Gasteiger partial charge is 0.496 e. The predicted octanol–water partition coefficient (Wildman–Crippen LogP) is 4.96. The third-order valence-corrected chi connectivity index (χ3v) is 7.75. The van der Waals surface area contributed by atoms with Gasteiger partial charge in [-0.15, -0.1) is 0 Å². The number of methoxy groups -OCH3 is 1. The Hall–Kier alpha value is -2.90. The van der Waals surface area contributed by atoms with Gasteiger partial charge >= 0.3 is 0 Å². The Kier molecular flexibility index (Phi) is 7.30. The van der Waals surface area contributed by atoms with Crippen LogP contribution in [0.2, 0.25) is 0 Å². The number of nitrogens with zero attached hydrogens (tertiary/aromatic N) is 1. The fraction of sp³-hybridized carbons (Fsp3) is 0.379. The highest BCUT2D eigenvalue weighted by Gasteiger charge is 2.33. The summed E-state index contributed by atoms with van der Waals surface area (Å²) in [5.74, 6) is 1.19. The molecule has 0 radical (unpaired) electrons. The van der Waals surface area contributed by atoms with Gasteiger partial charge in [0.25, 0.3) is 0 Å². The SMILES string of the molecule is COc1ccc2cc(Br)ccc2c1CN1C(=O)[C@@H](NC(=O)[C@H](C)NCC2CC2)CCc2ccccc21. The van der Waals surface area contributed by atoms with Gasteiger partial charge in [0, 0.05) is 15.7 Å². The summed E-state index contributed by atoms with van der Waals surface area (Å²) < 4.78 is 6.72. The summed E-state index contributed by atoms with van der Waals surface area (Å²) in [6, 6.07) is 17.2. The Morgan fingerprint density at radius 3 is 2.72 bits per heavy atom. The lowest BCUT2D eigenvalue weighted by Crippen LogP contribution is -2.52. The molecule has 188 valence electrons. The molecule has 2 N–H and O–H groups in total. The number of rotatable bonds is 8. The van der Waals surface area contributed by atoms with Crippen LogP contribution in [0.15, 0.2) is 59.1 Å². The van der Waals surface area contributed by atoms with Gasteiger partial charge in [-0.2, -0.15) is 0 Å². The van der Waals surface area contributed by atoms with Crippen molar-refractivity contribution in [3.63, 3.8) is 0 Å². The number of halogens is 1. The molecule has 5 rings (SSSR count). The summed E-state index contributed by atoms with van der Waals surface area (Å²) in [5.41, 5.74) is 2.93. The molecule has 2 aliphatic rings. The summed E-state index contributed by atoms with van der Waals surface area (Å²) in [7, 11) is 1.65. The maximum absolute atomic E-state index is 14.0. The standard InChI is InChI=1S/C29H32BrN3O3/c1-18(31-16-19-7-8-19)28(34)32-25-13-9-20-5-3-4-6-26(20)33(29(25)35)17-24-23-12-11-22(30)15-21(23)10-14-27(24)36-2/h3-6,10-12,14-15,18-19,25,31H,7-9,13,16-17H2,1-2H3,(H,32,34)/t18-,25-/m0/s1. The van der Waals surface area contributed by atoms with E-state index in [0.717, 1.165) is 44.4 Å². The van der Waals surface area contributed by atoms with Gasteiger partial charge in [0.2, 0.25) is 11.8 Å². The first kappa shape index (κ1) is 24.8. The van der Waals surface area contributed by atoms with E-state index in [1.54, 1.807) is 7.11 Å². The summed E-state index contributed by atoms with van der Waals surface area (Å²) in [4.78, 5) is 28.8. The molecule has 0 aromatic heterocycles. The van der Waals surface area contributed by atoms with Crippen molar-refractivity contribution in [3.05, 3.63) is 70.2 Å². The van der Waals surface area contributed by atoms with Crippen LogP contribution in [-0.2, 0) is 22.6 Å². The van der Waals surface area contributed by atoms with Gasteiger partial charge in [-0.3, -0.25) is 9.59 Å². The zero-order valence-corrected chi connectivity index (χ0v) is 22.3. The molecule has 1 fully saturated rings. The van der Waals surface area contributed by atoms with Crippen molar-refractivity contribution in [2.24, 2.45) is 5.92 Å². The first-order chi connectivity index (χ1) is 17.4. The zero-order valence-electron chi connectivity index (χ0n) is 20.7. The van der Waals surface area contributed by atoms with Crippen LogP contribution in [0.5, 0.6) is 5.75 Å². The quantitative estimate of drug-likeness (QED) is 0.416. The number of hydrogen-bond donors (Lipinski definition) is 2. The normalized spacial score (nSPS) is 18.5. The summed E-state index contributed by atoms with van der Waals surface area (Å²) in [6.07, 6.45) is 3.73. The van der Waals surface area contributed by atoms with Crippen molar-refractivity contribution in [2.45, 2.75) is 51.2 Å². The Labute approximate surface area is 220 Å². The van der Waals surface area contributed by atoms with Crippen molar-refractivity contribution in [1.29, 1.82) is 0 Å². The molecule has 0 spiro atoms. The molecule has 0 saturated heterocycles. The number of hydrogen-bond acceptors (Lipinski definition) is 4. The van der Waals surface area contributed by atoms with Gasteiger partial charge in [0.15, 0.2) is 0 Å². The van der Waals surface area contributed by atoms with Crippen LogP contribution in [0.3, 0.4) is 0 Å². The van der Waals surface area contributed by atoms with E-state index in [1.807, 2.05) is 48.2 Å². The second kappa shape index (κ2) is 10.6. The maximum Gasteiger partial charge on any atom is 0.249 e. The molecular formula is C29H32BrN3O3. The van der Waals surface area contributed by atoms with Crippen LogP contribution in [0, 0.1) is 5.92 Å². The van der Waals surface area contributed by atoms with Crippen LogP contribution >= 0.6 is 15.9 Å². The number of carbonyl (C=O) groups is 2. The molecule has 2 atom stereocenters. The van der Waals surface area contributed by atoms with E-state index in [1.165, 1.54) is 12.8 Å². The third kappa shape index (κ3) is 5.27. The minimum atomic E-state index is -0.592. The van der Waals surface area contributed by atoms with E-state index in [2.05, 4.69) is 44.8 Å². The number of amides is 2. The van der Waals surface area contributed by atoms with Gasteiger partial charge in [0.1, 0.15) is 11.8 Å². The zero-order chi connectivity index (χ0) is 25.2. The Balaban J connectivity index is 1.46. The van der Waals surface area contributed by atoms with Crippen molar-refractivity contribution in [2.75, 3.05) is 18.6 Å². The summed E-state index contributed by atoms with van der Waals surface area (Å²) >= 11 is 3.56. The van der Waals surface area contributed by atoms with Crippen LogP contribution in [0.4, 0.5) is 5.69 Å². The molecule has 7 heteroatoms. The fourth-order valence-electron chi connectivity index (χ4n) is 4.93. The smallest absolute Gasteiger partial charge is 0.249 e. The van der Waals surface area contributed by atoms with Gasteiger partial charge < -0.3 is 20.3 Å². The van der Waals surface area contributed by atoms with Crippen LogP contribution < -0.4 is 20.3 Å². The van der Waals surface area contributed by atoms with Crippen LogP contribution in [0.25, 0.3) is 10.8 Å². The number of para-hydroxylation sites is 1.